The maximum Gasteiger partial charge on any atom is 0.0727 e. The van der Waals surface area contributed by atoms with Crippen LogP contribution in [0.3, 0.4) is 0 Å². The molecule has 5 heteroatoms. The van der Waals surface area contributed by atoms with Gasteiger partial charge in [0.15, 0.2) is 0 Å². The van der Waals surface area contributed by atoms with Gasteiger partial charge in [-0.15, -0.1) is 0 Å². The van der Waals surface area contributed by atoms with E-state index >= 15 is 0 Å². The van der Waals surface area contributed by atoms with Gasteiger partial charge in [0.2, 0.25) is 0 Å². The van der Waals surface area contributed by atoms with Gasteiger partial charge in [-0.2, -0.15) is 0 Å². The predicted octanol–water partition coefficient (Wildman–Crippen LogP) is 4.31. The zero-order valence-corrected chi connectivity index (χ0v) is 14.2. The monoisotopic (exact) mass is 405 g/mol. The van der Waals surface area contributed by atoms with Crippen molar-refractivity contribution in [3.8, 4) is 0 Å². The summed E-state index contributed by atoms with van der Waals surface area (Å²) in [5.74, 6) is 5.83. The van der Waals surface area contributed by atoms with Crippen molar-refractivity contribution in [3.05, 3.63) is 74.8 Å². The highest BCUT2D eigenvalue weighted by molar-refractivity contribution is 9.11. The Morgan fingerprint density at radius 2 is 1.86 bits per heavy atom. The molecule has 0 fully saturated rings. The van der Waals surface area contributed by atoms with Gasteiger partial charge in [0.05, 0.1) is 11.6 Å². The van der Waals surface area contributed by atoms with Crippen LogP contribution in [0.4, 0.5) is 0 Å². The number of aromatic nitrogens is 1. The molecule has 106 valence electrons. The molecule has 21 heavy (non-hydrogen) atoms. The molecular formula is C16H13Br2N3. The quantitative estimate of drug-likeness (QED) is 0.503. The second-order valence-corrected chi connectivity index (χ2v) is 6.45. The fourth-order valence-electron chi connectivity index (χ4n) is 2.46. The Hall–Kier alpha value is -1.27. The van der Waals surface area contributed by atoms with Crippen molar-refractivity contribution in [2.75, 3.05) is 0 Å². The molecule has 2 aromatic carbocycles. The molecule has 3 rings (SSSR count). The third-order valence-electron chi connectivity index (χ3n) is 3.43. The summed E-state index contributed by atoms with van der Waals surface area (Å²) in [7, 11) is 0. The fraction of sp³-hybridized carbons (Fsp3) is 0.0625. The smallest absolute Gasteiger partial charge is 0.0727 e. The third kappa shape index (κ3) is 2.87. The zero-order valence-electron chi connectivity index (χ0n) is 11.1. The van der Waals surface area contributed by atoms with Crippen molar-refractivity contribution < 1.29 is 0 Å². The minimum Gasteiger partial charge on any atom is -0.271 e. The molecule has 0 radical (unpaired) electrons. The number of hydrogen-bond donors (Lipinski definition) is 2. The van der Waals surface area contributed by atoms with Gasteiger partial charge in [0, 0.05) is 20.5 Å². The topological polar surface area (TPSA) is 50.9 Å². The number of rotatable bonds is 3. The van der Waals surface area contributed by atoms with Crippen molar-refractivity contribution in [3.63, 3.8) is 0 Å². The predicted molar refractivity (Wildman–Crippen MR) is 92.8 cm³/mol. The van der Waals surface area contributed by atoms with E-state index in [9.17, 15) is 0 Å². The number of hydrogen-bond acceptors (Lipinski definition) is 3. The van der Waals surface area contributed by atoms with E-state index in [1.54, 1.807) is 6.20 Å². The normalized spacial score (nSPS) is 12.5. The van der Waals surface area contributed by atoms with E-state index in [0.29, 0.717) is 0 Å². The van der Waals surface area contributed by atoms with Crippen molar-refractivity contribution in [2.24, 2.45) is 5.84 Å². The molecule has 3 nitrogen and oxygen atoms in total. The Balaban J connectivity index is 2.18. The van der Waals surface area contributed by atoms with Crippen LogP contribution in [0.25, 0.3) is 10.9 Å². The molecule has 0 saturated carbocycles. The van der Waals surface area contributed by atoms with Crippen LogP contribution in [0.1, 0.15) is 17.2 Å². The molecule has 0 aliphatic rings. The second-order valence-electron chi connectivity index (χ2n) is 4.68. The highest BCUT2D eigenvalue weighted by atomic mass is 79.9. The summed E-state index contributed by atoms with van der Waals surface area (Å²) in [6.45, 7) is 0. The molecule has 1 aromatic heterocycles. The maximum atomic E-state index is 5.83. The molecular weight excluding hydrogens is 394 g/mol. The number of nitrogens with two attached hydrogens (primary N) is 1. The number of pyridine rings is 1. The van der Waals surface area contributed by atoms with Crippen molar-refractivity contribution >= 4 is 42.8 Å². The second kappa shape index (κ2) is 6.23. The third-order valence-corrected chi connectivity index (χ3v) is 4.61. The largest absolute Gasteiger partial charge is 0.271 e. The number of benzene rings is 2. The molecule has 3 N–H and O–H groups in total. The van der Waals surface area contributed by atoms with E-state index in [1.807, 2.05) is 36.4 Å². The Morgan fingerprint density at radius 3 is 2.62 bits per heavy atom. The lowest BCUT2D eigenvalue weighted by atomic mass is 9.96. The van der Waals surface area contributed by atoms with Crippen LogP contribution in [0.5, 0.6) is 0 Å². The van der Waals surface area contributed by atoms with E-state index in [4.69, 9.17) is 5.84 Å². The highest BCUT2D eigenvalue weighted by Gasteiger charge is 2.18. The fourth-order valence-corrected chi connectivity index (χ4v) is 3.74. The lowest BCUT2D eigenvalue weighted by Crippen LogP contribution is -2.29. The van der Waals surface area contributed by atoms with Crippen LogP contribution in [-0.2, 0) is 0 Å². The van der Waals surface area contributed by atoms with Crippen LogP contribution in [-0.4, -0.2) is 4.98 Å². The molecule has 0 spiro atoms. The lowest BCUT2D eigenvalue weighted by Gasteiger charge is -2.20. The van der Waals surface area contributed by atoms with Crippen LogP contribution in [0.15, 0.2) is 63.7 Å². The first-order chi connectivity index (χ1) is 10.2. The first-order valence-electron chi connectivity index (χ1n) is 6.45. The summed E-state index contributed by atoms with van der Waals surface area (Å²) in [5, 5.41) is 1.10. The summed E-state index contributed by atoms with van der Waals surface area (Å²) >= 11 is 7.08. The number of nitrogens with one attached hydrogen (secondary N) is 1. The van der Waals surface area contributed by atoms with Gasteiger partial charge in [0.25, 0.3) is 0 Å². The van der Waals surface area contributed by atoms with Gasteiger partial charge in [-0.1, -0.05) is 56.1 Å². The van der Waals surface area contributed by atoms with Crippen LogP contribution < -0.4 is 11.3 Å². The Kier molecular flexibility index (Phi) is 4.35. The van der Waals surface area contributed by atoms with Crippen LogP contribution in [0, 0.1) is 0 Å². The molecule has 1 atom stereocenters. The highest BCUT2D eigenvalue weighted by Crippen LogP contribution is 2.33. The van der Waals surface area contributed by atoms with E-state index in [0.717, 1.165) is 31.0 Å². The molecule has 0 aliphatic heterocycles. The molecule has 3 aromatic rings. The molecule has 0 aliphatic carbocycles. The van der Waals surface area contributed by atoms with Gasteiger partial charge in [0.1, 0.15) is 0 Å². The average Bonchev–Trinajstić information content (AvgIpc) is 2.50. The number of halogens is 2. The molecule has 1 heterocycles. The van der Waals surface area contributed by atoms with Gasteiger partial charge in [-0.25, -0.2) is 5.43 Å². The summed E-state index contributed by atoms with van der Waals surface area (Å²) < 4.78 is 2.02. The standard InChI is InChI=1S/C16H13Br2N3/c17-10-6-7-13(14(18)9-10)16(21-19)12-3-1-5-15-11(12)4-2-8-20-15/h1-9,16,21H,19H2. The minimum atomic E-state index is -0.111. The van der Waals surface area contributed by atoms with E-state index in [-0.39, 0.29) is 6.04 Å². The van der Waals surface area contributed by atoms with Gasteiger partial charge >= 0.3 is 0 Å². The summed E-state index contributed by atoms with van der Waals surface area (Å²) in [5.41, 5.74) is 6.06. The summed E-state index contributed by atoms with van der Waals surface area (Å²) in [6, 6.07) is 16.0. The van der Waals surface area contributed by atoms with Crippen molar-refractivity contribution in [1.29, 1.82) is 0 Å². The Bertz CT molecular complexity index is 784. The molecule has 0 bridgehead atoms. The van der Waals surface area contributed by atoms with E-state index < -0.39 is 0 Å². The Labute approximate surface area is 139 Å². The Morgan fingerprint density at radius 1 is 1.00 bits per heavy atom. The van der Waals surface area contributed by atoms with Gasteiger partial charge in [-0.05, 0) is 35.4 Å². The number of nitrogens with zero attached hydrogens (tertiary/aromatic N) is 1. The van der Waals surface area contributed by atoms with Crippen LogP contribution in [0.2, 0.25) is 0 Å². The average molecular weight is 407 g/mol. The molecule has 0 saturated heterocycles. The van der Waals surface area contributed by atoms with E-state index in [2.05, 4.69) is 54.4 Å². The first kappa shape index (κ1) is 14.7. The number of hydrazine groups is 1. The lowest BCUT2D eigenvalue weighted by molar-refractivity contribution is 0.638. The SMILES string of the molecule is NNC(c1ccc(Br)cc1Br)c1cccc2ncccc12. The zero-order chi connectivity index (χ0) is 14.8. The van der Waals surface area contributed by atoms with Crippen LogP contribution >= 0.6 is 31.9 Å². The molecule has 1 unspecified atom stereocenters. The summed E-state index contributed by atoms with van der Waals surface area (Å²) in [4.78, 5) is 4.40. The van der Waals surface area contributed by atoms with Gasteiger partial charge in [-0.3, -0.25) is 10.8 Å². The maximum absolute atomic E-state index is 5.83. The van der Waals surface area contributed by atoms with E-state index in [1.165, 1.54) is 0 Å². The van der Waals surface area contributed by atoms with Crippen molar-refractivity contribution in [2.45, 2.75) is 6.04 Å². The van der Waals surface area contributed by atoms with Gasteiger partial charge < -0.3 is 0 Å². The summed E-state index contributed by atoms with van der Waals surface area (Å²) in [6.07, 6.45) is 1.80. The molecule has 0 amide bonds. The minimum absolute atomic E-state index is 0.111. The first-order valence-corrected chi connectivity index (χ1v) is 8.04. The number of fused-ring (bicyclic) bond motifs is 1. The van der Waals surface area contributed by atoms with Crippen molar-refractivity contribution in [1.82, 2.24) is 10.4 Å².